The van der Waals surface area contributed by atoms with E-state index in [1.807, 2.05) is 6.92 Å². The van der Waals surface area contributed by atoms with Crippen molar-refractivity contribution in [2.24, 2.45) is 0 Å². The molecule has 0 heterocycles. The van der Waals surface area contributed by atoms with Gasteiger partial charge in [-0.05, 0) is 32.1 Å². The van der Waals surface area contributed by atoms with E-state index < -0.39 is 24.4 Å². The third-order valence-corrected chi connectivity index (χ3v) is 2.74. The van der Waals surface area contributed by atoms with Crippen LogP contribution < -0.4 is 0 Å². The van der Waals surface area contributed by atoms with Crippen LogP contribution in [0.1, 0.15) is 39.0 Å². The smallest absolute Gasteiger partial charge is 0.283 e. The van der Waals surface area contributed by atoms with Crippen LogP contribution in [0.15, 0.2) is 0 Å². The zero-order chi connectivity index (χ0) is 13.3. The Morgan fingerprint density at radius 1 is 1.00 bits per heavy atom. The highest BCUT2D eigenvalue weighted by atomic mass is 16.4. The van der Waals surface area contributed by atoms with E-state index >= 15 is 0 Å². The lowest BCUT2D eigenvalue weighted by atomic mass is 9.99. The molecule has 6 heteroatoms. The van der Waals surface area contributed by atoms with Gasteiger partial charge < -0.3 is 25.1 Å². The molecule has 0 aromatic carbocycles. The van der Waals surface area contributed by atoms with Crippen LogP contribution in [0.3, 0.4) is 0 Å². The van der Waals surface area contributed by atoms with Gasteiger partial charge in [-0.2, -0.15) is 0 Å². The first-order valence-electron chi connectivity index (χ1n) is 6.04. The molecule has 0 rings (SSSR count). The molecule has 0 aliphatic heterocycles. The molecule has 17 heavy (non-hydrogen) atoms. The Morgan fingerprint density at radius 2 is 1.53 bits per heavy atom. The van der Waals surface area contributed by atoms with Crippen LogP contribution in [-0.4, -0.2) is 59.5 Å². The van der Waals surface area contributed by atoms with Crippen LogP contribution in [0.25, 0.3) is 0 Å². The van der Waals surface area contributed by atoms with Gasteiger partial charge in [0.25, 0.3) is 8.05 Å². The highest BCUT2D eigenvalue weighted by molar-refractivity contribution is 5.98. The zero-order valence-corrected chi connectivity index (χ0v) is 10.3. The Balaban J connectivity index is 3.86. The first kappa shape index (κ1) is 16.9. The summed E-state index contributed by atoms with van der Waals surface area (Å²) in [4.78, 5) is 0. The lowest BCUT2D eigenvalue weighted by molar-refractivity contribution is 0.0201. The van der Waals surface area contributed by atoms with E-state index in [0.717, 1.165) is 0 Å². The fourth-order valence-electron chi connectivity index (χ4n) is 1.68. The van der Waals surface area contributed by atoms with Crippen molar-refractivity contribution >= 4 is 8.05 Å². The van der Waals surface area contributed by atoms with Gasteiger partial charge >= 0.3 is 0 Å². The summed E-state index contributed by atoms with van der Waals surface area (Å²) in [5, 5.41) is 37.3. The molecular weight excluding hydrogens is 223 g/mol. The summed E-state index contributed by atoms with van der Waals surface area (Å²) in [6.07, 6.45) is -0.857. The van der Waals surface area contributed by atoms with Gasteiger partial charge in [0, 0.05) is 12.7 Å². The van der Waals surface area contributed by atoms with Gasteiger partial charge in [-0.25, -0.2) is 0 Å². The Hall–Kier alpha value is -0.135. The van der Waals surface area contributed by atoms with E-state index in [1.54, 1.807) is 0 Å². The summed E-state index contributed by atoms with van der Waals surface area (Å²) in [6.45, 7) is 1.76. The van der Waals surface area contributed by atoms with Gasteiger partial charge in [0.1, 0.15) is 0 Å². The van der Waals surface area contributed by atoms with Crippen LogP contribution in [0.2, 0.25) is 0 Å². The average Bonchev–Trinajstić information content (AvgIpc) is 2.27. The normalized spacial score (nSPS) is 18.6. The van der Waals surface area contributed by atoms with Gasteiger partial charge in [0.15, 0.2) is 0 Å². The van der Waals surface area contributed by atoms with Gasteiger partial charge in [-0.1, -0.05) is 6.92 Å². The Labute approximate surface area is 104 Å². The summed E-state index contributed by atoms with van der Waals surface area (Å²) in [5.41, 5.74) is 0. The maximum Gasteiger partial charge on any atom is 0.283 e. The quantitative estimate of drug-likeness (QED) is 0.390. The first-order valence-corrected chi connectivity index (χ1v) is 6.04. The molecule has 0 bridgehead atoms. The van der Waals surface area contributed by atoms with E-state index in [-0.39, 0.29) is 25.9 Å². The molecule has 4 unspecified atom stereocenters. The molecule has 0 aromatic heterocycles. The van der Waals surface area contributed by atoms with E-state index in [9.17, 15) is 15.3 Å². The number of hydrogen-bond donors (Lipinski definition) is 4. The minimum atomic E-state index is -0.755. The third-order valence-electron chi connectivity index (χ3n) is 2.74. The van der Waals surface area contributed by atoms with E-state index in [0.29, 0.717) is 12.8 Å². The maximum atomic E-state index is 9.67. The van der Waals surface area contributed by atoms with Crippen LogP contribution in [0.5, 0.6) is 0 Å². The van der Waals surface area contributed by atoms with E-state index in [2.05, 4.69) is 4.65 Å². The van der Waals surface area contributed by atoms with Crippen molar-refractivity contribution in [1.29, 1.82) is 0 Å². The van der Waals surface area contributed by atoms with Crippen molar-refractivity contribution < 1.29 is 25.1 Å². The molecule has 2 radical (unpaired) electrons. The summed E-state index contributed by atoms with van der Waals surface area (Å²) in [6, 6.07) is 0. The highest BCUT2D eigenvalue weighted by Crippen LogP contribution is 2.13. The van der Waals surface area contributed by atoms with Crippen LogP contribution in [-0.2, 0) is 4.65 Å². The molecule has 0 aliphatic rings. The minimum absolute atomic E-state index is 0.0638. The van der Waals surface area contributed by atoms with Crippen LogP contribution >= 0.6 is 0 Å². The van der Waals surface area contributed by atoms with Gasteiger partial charge in [-0.15, -0.1) is 0 Å². The van der Waals surface area contributed by atoms with E-state index in [4.69, 9.17) is 13.2 Å². The SMILES string of the molecule is [B]OC(CCO)CC(O)CC(O)CC(O)CC. The summed E-state index contributed by atoms with van der Waals surface area (Å²) in [5.74, 6) is 0. The van der Waals surface area contributed by atoms with Crippen molar-refractivity contribution in [3.8, 4) is 0 Å². The fourth-order valence-corrected chi connectivity index (χ4v) is 1.68. The highest BCUT2D eigenvalue weighted by Gasteiger charge is 2.18. The topological polar surface area (TPSA) is 90.2 Å². The summed E-state index contributed by atoms with van der Waals surface area (Å²) < 4.78 is 4.59. The van der Waals surface area contributed by atoms with Crippen LogP contribution in [0.4, 0.5) is 0 Å². The molecule has 100 valence electrons. The molecule has 4 atom stereocenters. The summed E-state index contributed by atoms with van der Waals surface area (Å²) >= 11 is 0. The van der Waals surface area contributed by atoms with E-state index in [1.165, 1.54) is 0 Å². The molecule has 0 saturated carbocycles. The standard InChI is InChI=1S/C11H23BO5/c1-2-8(14)5-9(15)6-10(16)7-11(17-12)3-4-13/h8-11,13-16H,2-7H2,1H3. The van der Waals surface area contributed by atoms with Gasteiger partial charge in [0.05, 0.1) is 18.3 Å². The Morgan fingerprint density at radius 3 is 2.00 bits per heavy atom. The Kier molecular flexibility index (Phi) is 9.77. The summed E-state index contributed by atoms with van der Waals surface area (Å²) in [7, 11) is 5.02. The molecule has 4 N–H and O–H groups in total. The number of aliphatic hydroxyl groups is 4. The molecule has 0 saturated heterocycles. The number of rotatable bonds is 10. The minimum Gasteiger partial charge on any atom is -0.445 e. The van der Waals surface area contributed by atoms with Crippen molar-refractivity contribution in [2.45, 2.75) is 63.4 Å². The molecular formula is C11H23BO5. The van der Waals surface area contributed by atoms with Crippen molar-refractivity contribution in [3.05, 3.63) is 0 Å². The second kappa shape index (κ2) is 9.85. The second-order valence-electron chi connectivity index (χ2n) is 4.35. The molecule has 0 fully saturated rings. The molecule has 0 aromatic rings. The largest absolute Gasteiger partial charge is 0.445 e. The molecule has 0 spiro atoms. The zero-order valence-electron chi connectivity index (χ0n) is 10.3. The second-order valence-corrected chi connectivity index (χ2v) is 4.35. The maximum absolute atomic E-state index is 9.67. The number of hydrogen-bond acceptors (Lipinski definition) is 5. The predicted molar refractivity (Wildman–Crippen MR) is 64.5 cm³/mol. The fraction of sp³-hybridized carbons (Fsp3) is 1.00. The number of aliphatic hydroxyl groups excluding tert-OH is 4. The van der Waals surface area contributed by atoms with Gasteiger partial charge in [0.2, 0.25) is 0 Å². The Bertz CT molecular complexity index is 181. The molecule has 5 nitrogen and oxygen atoms in total. The van der Waals surface area contributed by atoms with Crippen LogP contribution in [0, 0.1) is 0 Å². The first-order chi connectivity index (χ1) is 8.03. The third kappa shape index (κ3) is 8.57. The predicted octanol–water partition coefficient (Wildman–Crippen LogP) is -0.500. The molecule has 0 amide bonds. The molecule has 0 aliphatic carbocycles. The van der Waals surface area contributed by atoms with Crippen molar-refractivity contribution in [1.82, 2.24) is 0 Å². The lowest BCUT2D eigenvalue weighted by Gasteiger charge is -2.21. The van der Waals surface area contributed by atoms with Crippen molar-refractivity contribution in [3.63, 3.8) is 0 Å². The van der Waals surface area contributed by atoms with Gasteiger partial charge in [-0.3, -0.25) is 0 Å². The van der Waals surface area contributed by atoms with Crippen molar-refractivity contribution in [2.75, 3.05) is 6.61 Å². The monoisotopic (exact) mass is 246 g/mol. The average molecular weight is 246 g/mol. The lowest BCUT2D eigenvalue weighted by Crippen LogP contribution is -2.27.